The first-order valence-corrected chi connectivity index (χ1v) is 6.75. The van der Waals surface area contributed by atoms with Gasteiger partial charge in [0.05, 0.1) is 5.52 Å². The van der Waals surface area contributed by atoms with E-state index in [1.165, 1.54) is 27.7 Å². The van der Waals surface area contributed by atoms with E-state index in [4.69, 9.17) is 0 Å². The van der Waals surface area contributed by atoms with Gasteiger partial charge in [-0.05, 0) is 42.8 Å². The van der Waals surface area contributed by atoms with Crippen LogP contribution in [0.1, 0.15) is 11.1 Å². The van der Waals surface area contributed by atoms with Crippen LogP contribution in [0, 0.1) is 6.92 Å². The van der Waals surface area contributed by atoms with Gasteiger partial charge >= 0.3 is 0 Å². The summed E-state index contributed by atoms with van der Waals surface area (Å²) >= 11 is 0. The predicted molar refractivity (Wildman–Crippen MR) is 86.1 cm³/mol. The molecule has 20 heavy (non-hydrogen) atoms. The van der Waals surface area contributed by atoms with Crippen molar-refractivity contribution in [1.82, 2.24) is 9.88 Å². The minimum Gasteiger partial charge on any atom is -0.388 e. The van der Waals surface area contributed by atoms with Crippen LogP contribution in [0.5, 0.6) is 0 Å². The van der Waals surface area contributed by atoms with Crippen LogP contribution < -0.4 is 5.32 Å². The third-order valence-electron chi connectivity index (χ3n) is 3.70. The van der Waals surface area contributed by atoms with E-state index in [1.54, 1.807) is 0 Å². The van der Waals surface area contributed by atoms with Crippen molar-refractivity contribution in [3.63, 3.8) is 0 Å². The molecule has 0 fully saturated rings. The molecule has 0 amide bonds. The summed E-state index contributed by atoms with van der Waals surface area (Å²) in [5, 5.41) is 4.35. The molecule has 0 spiro atoms. The number of hydrogen-bond acceptors (Lipinski definition) is 1. The number of nitrogens with one attached hydrogen (secondary N) is 1. The van der Waals surface area contributed by atoms with Gasteiger partial charge in [0.25, 0.3) is 0 Å². The third kappa shape index (κ3) is 1.99. The standard InChI is InChI=1S/C18H18N2/c1-13-11-18-15(12-17(13)14(2)19-3)9-10-20(18)16-7-5-4-6-8-16/h4-12,19H,2H2,1,3H3. The fourth-order valence-corrected chi connectivity index (χ4v) is 2.56. The smallest absolute Gasteiger partial charge is 0.0531 e. The second-order valence-corrected chi connectivity index (χ2v) is 4.98. The third-order valence-corrected chi connectivity index (χ3v) is 3.70. The Kier molecular flexibility index (Phi) is 3.07. The SMILES string of the molecule is C=C(NC)c1cc2ccn(-c3ccccc3)c2cc1C. The van der Waals surface area contributed by atoms with Crippen molar-refractivity contribution < 1.29 is 0 Å². The van der Waals surface area contributed by atoms with Gasteiger partial charge in [0.15, 0.2) is 0 Å². The summed E-state index contributed by atoms with van der Waals surface area (Å²) in [6.45, 7) is 6.18. The largest absolute Gasteiger partial charge is 0.388 e. The van der Waals surface area contributed by atoms with Gasteiger partial charge in [-0.2, -0.15) is 0 Å². The van der Waals surface area contributed by atoms with Crippen LogP contribution in [0.25, 0.3) is 22.3 Å². The molecule has 1 heterocycles. The van der Waals surface area contributed by atoms with Gasteiger partial charge in [-0.15, -0.1) is 0 Å². The lowest BCUT2D eigenvalue weighted by Crippen LogP contribution is -2.04. The molecule has 0 aliphatic rings. The number of nitrogens with zero attached hydrogens (tertiary/aromatic N) is 1. The number of aryl methyl sites for hydroxylation is 1. The molecule has 2 nitrogen and oxygen atoms in total. The molecule has 1 aromatic heterocycles. The van der Waals surface area contributed by atoms with Crippen LogP contribution in [-0.4, -0.2) is 11.6 Å². The van der Waals surface area contributed by atoms with Crippen molar-refractivity contribution in [2.45, 2.75) is 6.92 Å². The Morgan fingerprint density at radius 3 is 2.55 bits per heavy atom. The summed E-state index contributed by atoms with van der Waals surface area (Å²) < 4.78 is 2.22. The monoisotopic (exact) mass is 262 g/mol. The molecule has 0 bridgehead atoms. The average molecular weight is 262 g/mol. The van der Waals surface area contributed by atoms with Gasteiger partial charge in [-0.25, -0.2) is 0 Å². The topological polar surface area (TPSA) is 17.0 Å². The van der Waals surface area contributed by atoms with Crippen LogP contribution in [0.3, 0.4) is 0 Å². The van der Waals surface area contributed by atoms with Crippen molar-refractivity contribution in [3.8, 4) is 5.69 Å². The minimum atomic E-state index is 0.955. The maximum atomic E-state index is 4.06. The lowest BCUT2D eigenvalue weighted by atomic mass is 10.0. The molecule has 2 aromatic carbocycles. The zero-order valence-corrected chi connectivity index (χ0v) is 11.9. The molecular formula is C18H18N2. The number of para-hydroxylation sites is 1. The first-order valence-electron chi connectivity index (χ1n) is 6.75. The summed E-state index contributed by atoms with van der Waals surface area (Å²) in [6, 6.07) is 17.0. The van der Waals surface area contributed by atoms with E-state index in [2.05, 4.69) is 72.0 Å². The van der Waals surface area contributed by atoms with Gasteiger partial charge in [0.1, 0.15) is 0 Å². The van der Waals surface area contributed by atoms with Crippen molar-refractivity contribution in [3.05, 3.63) is 72.4 Å². The van der Waals surface area contributed by atoms with E-state index in [0.717, 1.165) is 5.70 Å². The van der Waals surface area contributed by atoms with E-state index in [-0.39, 0.29) is 0 Å². The quantitative estimate of drug-likeness (QED) is 0.751. The van der Waals surface area contributed by atoms with Crippen molar-refractivity contribution in [2.24, 2.45) is 0 Å². The fraction of sp³-hybridized carbons (Fsp3) is 0.111. The Morgan fingerprint density at radius 1 is 1.10 bits per heavy atom. The highest BCUT2D eigenvalue weighted by Crippen LogP contribution is 2.26. The van der Waals surface area contributed by atoms with E-state index in [9.17, 15) is 0 Å². The van der Waals surface area contributed by atoms with Crippen molar-refractivity contribution in [1.29, 1.82) is 0 Å². The molecule has 0 aliphatic heterocycles. The first-order chi connectivity index (χ1) is 9.70. The van der Waals surface area contributed by atoms with E-state index in [0.29, 0.717) is 0 Å². The lowest BCUT2D eigenvalue weighted by Gasteiger charge is -2.11. The van der Waals surface area contributed by atoms with Gasteiger partial charge in [0.2, 0.25) is 0 Å². The lowest BCUT2D eigenvalue weighted by molar-refractivity contribution is 1.12. The van der Waals surface area contributed by atoms with Crippen molar-refractivity contribution in [2.75, 3.05) is 7.05 Å². The second kappa shape index (κ2) is 4.89. The Hall–Kier alpha value is -2.48. The maximum Gasteiger partial charge on any atom is 0.0531 e. The normalized spacial score (nSPS) is 10.7. The number of rotatable bonds is 3. The molecule has 100 valence electrons. The average Bonchev–Trinajstić information content (AvgIpc) is 2.89. The number of benzene rings is 2. The maximum absolute atomic E-state index is 4.06. The Morgan fingerprint density at radius 2 is 1.85 bits per heavy atom. The molecular weight excluding hydrogens is 244 g/mol. The highest BCUT2D eigenvalue weighted by Gasteiger charge is 2.08. The molecule has 0 atom stereocenters. The van der Waals surface area contributed by atoms with Crippen LogP contribution in [0.4, 0.5) is 0 Å². The summed E-state index contributed by atoms with van der Waals surface area (Å²) in [7, 11) is 1.90. The zero-order chi connectivity index (χ0) is 14.1. The predicted octanol–water partition coefficient (Wildman–Crippen LogP) is 4.13. The summed E-state index contributed by atoms with van der Waals surface area (Å²) in [5.41, 5.74) is 5.76. The van der Waals surface area contributed by atoms with Gasteiger partial charge in [-0.3, -0.25) is 0 Å². The summed E-state index contributed by atoms with van der Waals surface area (Å²) in [4.78, 5) is 0. The van der Waals surface area contributed by atoms with Gasteiger partial charge < -0.3 is 9.88 Å². The number of hydrogen-bond donors (Lipinski definition) is 1. The minimum absolute atomic E-state index is 0.955. The number of aromatic nitrogens is 1. The summed E-state index contributed by atoms with van der Waals surface area (Å²) in [5.74, 6) is 0. The highest BCUT2D eigenvalue weighted by molar-refractivity contribution is 5.87. The molecule has 3 rings (SSSR count). The second-order valence-electron chi connectivity index (χ2n) is 4.98. The molecule has 1 N–H and O–H groups in total. The Balaban J connectivity index is 2.20. The fourth-order valence-electron chi connectivity index (χ4n) is 2.56. The molecule has 2 heteroatoms. The number of fused-ring (bicyclic) bond motifs is 1. The zero-order valence-electron chi connectivity index (χ0n) is 11.9. The molecule has 0 radical (unpaired) electrons. The van der Waals surface area contributed by atoms with Crippen LogP contribution >= 0.6 is 0 Å². The Bertz CT molecular complexity index is 767. The molecule has 0 unspecified atom stereocenters. The van der Waals surface area contributed by atoms with E-state index in [1.807, 2.05) is 13.1 Å². The molecule has 0 aliphatic carbocycles. The molecule has 3 aromatic rings. The van der Waals surface area contributed by atoms with Crippen LogP contribution in [0.15, 0.2) is 61.3 Å². The highest BCUT2D eigenvalue weighted by atomic mass is 15.0. The van der Waals surface area contributed by atoms with E-state index < -0.39 is 0 Å². The van der Waals surface area contributed by atoms with Crippen LogP contribution in [0.2, 0.25) is 0 Å². The van der Waals surface area contributed by atoms with Crippen LogP contribution in [-0.2, 0) is 0 Å². The summed E-state index contributed by atoms with van der Waals surface area (Å²) in [6.07, 6.45) is 2.12. The van der Waals surface area contributed by atoms with Gasteiger partial charge in [0, 0.05) is 35.6 Å². The molecule has 0 saturated carbocycles. The van der Waals surface area contributed by atoms with Crippen molar-refractivity contribution >= 4 is 16.6 Å². The first kappa shape index (κ1) is 12.5. The van der Waals surface area contributed by atoms with Gasteiger partial charge in [-0.1, -0.05) is 24.8 Å². The molecule has 0 saturated heterocycles. The van der Waals surface area contributed by atoms with E-state index >= 15 is 0 Å². The Labute approximate surface area is 119 Å².